The Kier molecular flexibility index (Phi) is 6.00. The van der Waals surface area contributed by atoms with Crippen LogP contribution in [0.5, 0.6) is 0 Å². The zero-order valence-electron chi connectivity index (χ0n) is 17.2. The Bertz CT molecular complexity index is 1090. The van der Waals surface area contributed by atoms with Gasteiger partial charge in [-0.2, -0.15) is 18.2 Å². The van der Waals surface area contributed by atoms with E-state index in [0.717, 1.165) is 23.4 Å². The average Bonchev–Trinajstić information content (AvgIpc) is 3.17. The molecule has 0 bridgehead atoms. The fourth-order valence-electron chi connectivity index (χ4n) is 3.64. The summed E-state index contributed by atoms with van der Waals surface area (Å²) >= 11 is 0. The van der Waals surface area contributed by atoms with E-state index in [1.165, 1.54) is 22.0 Å². The highest BCUT2D eigenvalue weighted by molar-refractivity contribution is 5.64. The SMILES string of the molecule is Cc1cc(Nc2ncn(-c3ccc(F)c(F)c3)n2)cc(N2CCN(CC(F)(F)F)CC2)c1. The van der Waals surface area contributed by atoms with Crippen LogP contribution in [0.1, 0.15) is 5.56 Å². The molecule has 0 aliphatic carbocycles. The molecule has 2 heterocycles. The fourth-order valence-corrected chi connectivity index (χ4v) is 3.64. The molecular weight excluding hydrogens is 431 g/mol. The van der Waals surface area contributed by atoms with Crippen LogP contribution < -0.4 is 10.2 Å². The third-order valence-electron chi connectivity index (χ3n) is 5.12. The molecular formula is C21H21F5N6. The van der Waals surface area contributed by atoms with Crippen LogP contribution in [0.15, 0.2) is 42.7 Å². The van der Waals surface area contributed by atoms with E-state index in [4.69, 9.17) is 0 Å². The largest absolute Gasteiger partial charge is 0.401 e. The van der Waals surface area contributed by atoms with Crippen molar-refractivity contribution in [3.05, 3.63) is 59.9 Å². The summed E-state index contributed by atoms with van der Waals surface area (Å²) < 4.78 is 65.8. The molecule has 1 aliphatic heterocycles. The van der Waals surface area contributed by atoms with Crippen molar-refractivity contribution in [3.63, 3.8) is 0 Å². The maximum Gasteiger partial charge on any atom is 0.401 e. The topological polar surface area (TPSA) is 49.2 Å². The Morgan fingerprint density at radius 2 is 1.69 bits per heavy atom. The van der Waals surface area contributed by atoms with Gasteiger partial charge in [-0.25, -0.2) is 13.5 Å². The fraction of sp³-hybridized carbons (Fsp3) is 0.333. The van der Waals surface area contributed by atoms with Crippen LogP contribution >= 0.6 is 0 Å². The maximum absolute atomic E-state index is 13.5. The van der Waals surface area contributed by atoms with Crippen LogP contribution in [0.4, 0.5) is 39.3 Å². The molecule has 0 saturated carbocycles. The molecule has 1 fully saturated rings. The molecule has 11 heteroatoms. The first-order valence-corrected chi connectivity index (χ1v) is 9.96. The van der Waals surface area contributed by atoms with Crippen LogP contribution in [0.2, 0.25) is 0 Å². The van der Waals surface area contributed by atoms with Gasteiger partial charge in [-0.15, -0.1) is 5.10 Å². The van der Waals surface area contributed by atoms with Gasteiger partial charge in [0.05, 0.1) is 12.2 Å². The predicted molar refractivity (Wildman–Crippen MR) is 110 cm³/mol. The molecule has 3 aromatic rings. The smallest absolute Gasteiger partial charge is 0.369 e. The van der Waals surface area contributed by atoms with Gasteiger partial charge in [-0.05, 0) is 42.8 Å². The number of aromatic nitrogens is 3. The molecule has 1 aromatic heterocycles. The quantitative estimate of drug-likeness (QED) is 0.586. The third-order valence-corrected chi connectivity index (χ3v) is 5.12. The molecule has 170 valence electrons. The van der Waals surface area contributed by atoms with E-state index in [2.05, 4.69) is 15.4 Å². The van der Waals surface area contributed by atoms with Crippen LogP contribution in [0, 0.1) is 18.6 Å². The summed E-state index contributed by atoms with van der Waals surface area (Å²) in [6.07, 6.45) is -2.82. The number of rotatable bonds is 5. The summed E-state index contributed by atoms with van der Waals surface area (Å²) in [5.41, 5.74) is 2.88. The van der Waals surface area contributed by atoms with E-state index in [0.29, 0.717) is 37.6 Å². The van der Waals surface area contributed by atoms with Crippen molar-refractivity contribution in [1.82, 2.24) is 19.7 Å². The monoisotopic (exact) mass is 452 g/mol. The molecule has 0 radical (unpaired) electrons. The van der Waals surface area contributed by atoms with E-state index in [1.54, 1.807) is 0 Å². The number of alkyl halides is 3. The first-order chi connectivity index (χ1) is 15.2. The first-order valence-electron chi connectivity index (χ1n) is 9.96. The number of hydrogen-bond donors (Lipinski definition) is 1. The highest BCUT2D eigenvalue weighted by Crippen LogP contribution is 2.26. The second kappa shape index (κ2) is 8.73. The molecule has 0 amide bonds. The van der Waals surface area contributed by atoms with Crippen molar-refractivity contribution < 1.29 is 22.0 Å². The van der Waals surface area contributed by atoms with E-state index in [-0.39, 0.29) is 5.95 Å². The van der Waals surface area contributed by atoms with Crippen molar-refractivity contribution in [1.29, 1.82) is 0 Å². The van der Waals surface area contributed by atoms with E-state index in [9.17, 15) is 22.0 Å². The molecule has 1 N–H and O–H groups in total. The lowest BCUT2D eigenvalue weighted by Gasteiger charge is -2.36. The number of piperazine rings is 1. The van der Waals surface area contributed by atoms with Crippen LogP contribution in [0.3, 0.4) is 0 Å². The summed E-state index contributed by atoms with van der Waals surface area (Å²) in [5.74, 6) is -1.66. The number of aryl methyl sites for hydroxylation is 1. The lowest BCUT2D eigenvalue weighted by molar-refractivity contribution is -0.146. The molecule has 6 nitrogen and oxygen atoms in total. The number of nitrogens with one attached hydrogen (secondary N) is 1. The summed E-state index contributed by atoms with van der Waals surface area (Å²) in [6, 6.07) is 9.17. The standard InChI is InChI=1S/C21H21F5N6/c1-14-8-15(10-17(9-14)31-6-4-30(5-7-31)12-21(24,25)26)28-20-27-13-32(29-20)16-2-3-18(22)19(23)11-16/h2-3,8-11,13H,4-7,12H2,1H3,(H,28,29). The van der Waals surface area contributed by atoms with Crippen LogP contribution in [-0.2, 0) is 0 Å². The molecule has 4 rings (SSSR count). The second-order valence-corrected chi connectivity index (χ2v) is 7.67. The second-order valence-electron chi connectivity index (χ2n) is 7.67. The molecule has 1 saturated heterocycles. The average molecular weight is 452 g/mol. The summed E-state index contributed by atoms with van der Waals surface area (Å²) in [4.78, 5) is 7.60. The van der Waals surface area contributed by atoms with Gasteiger partial charge in [-0.1, -0.05) is 0 Å². The normalized spacial score (nSPS) is 15.2. The van der Waals surface area contributed by atoms with Crippen molar-refractivity contribution >= 4 is 17.3 Å². The minimum Gasteiger partial charge on any atom is -0.369 e. The molecule has 0 spiro atoms. The highest BCUT2D eigenvalue weighted by Gasteiger charge is 2.32. The van der Waals surface area contributed by atoms with E-state index < -0.39 is 24.4 Å². The van der Waals surface area contributed by atoms with Gasteiger partial charge >= 0.3 is 6.18 Å². The Hall–Kier alpha value is -3.21. The maximum atomic E-state index is 13.5. The number of benzene rings is 2. The Balaban J connectivity index is 1.45. The Morgan fingerprint density at radius 3 is 2.38 bits per heavy atom. The van der Waals surface area contributed by atoms with Gasteiger partial charge in [0, 0.05) is 43.6 Å². The predicted octanol–water partition coefficient (Wildman–Crippen LogP) is 4.28. The first kappa shape index (κ1) is 22.0. The zero-order chi connectivity index (χ0) is 22.9. The lowest BCUT2D eigenvalue weighted by atomic mass is 10.1. The van der Waals surface area contributed by atoms with E-state index >= 15 is 0 Å². The van der Waals surface area contributed by atoms with Gasteiger partial charge in [0.2, 0.25) is 5.95 Å². The molecule has 0 unspecified atom stereocenters. The van der Waals surface area contributed by atoms with Crippen molar-refractivity contribution in [2.75, 3.05) is 42.9 Å². The minimum absolute atomic E-state index is 0.265. The van der Waals surface area contributed by atoms with Gasteiger partial charge in [0.1, 0.15) is 6.33 Å². The van der Waals surface area contributed by atoms with Crippen molar-refractivity contribution in [3.8, 4) is 5.69 Å². The summed E-state index contributed by atoms with van der Waals surface area (Å²) in [6.45, 7) is 2.66. The van der Waals surface area contributed by atoms with E-state index in [1.807, 2.05) is 30.0 Å². The Labute approximate surface area is 181 Å². The van der Waals surface area contributed by atoms with Crippen molar-refractivity contribution in [2.45, 2.75) is 13.1 Å². The van der Waals surface area contributed by atoms with Crippen molar-refractivity contribution in [2.24, 2.45) is 0 Å². The number of anilines is 3. The number of nitrogens with zero attached hydrogens (tertiary/aromatic N) is 5. The third kappa shape index (κ3) is 5.34. The lowest BCUT2D eigenvalue weighted by Crippen LogP contribution is -2.49. The Morgan fingerprint density at radius 1 is 0.938 bits per heavy atom. The van der Waals surface area contributed by atoms with Gasteiger partial charge in [-0.3, -0.25) is 4.90 Å². The molecule has 1 aliphatic rings. The zero-order valence-corrected chi connectivity index (χ0v) is 17.2. The number of halogens is 5. The number of hydrogen-bond acceptors (Lipinski definition) is 5. The van der Waals surface area contributed by atoms with Gasteiger partial charge in [0.15, 0.2) is 11.6 Å². The molecule has 32 heavy (non-hydrogen) atoms. The van der Waals surface area contributed by atoms with Gasteiger partial charge in [0.25, 0.3) is 0 Å². The summed E-state index contributed by atoms with van der Waals surface area (Å²) in [7, 11) is 0. The molecule has 2 aromatic carbocycles. The highest BCUT2D eigenvalue weighted by atomic mass is 19.4. The van der Waals surface area contributed by atoms with Crippen LogP contribution in [-0.4, -0.2) is 58.6 Å². The van der Waals surface area contributed by atoms with Gasteiger partial charge < -0.3 is 10.2 Å². The summed E-state index contributed by atoms with van der Waals surface area (Å²) in [5, 5.41) is 7.32. The minimum atomic E-state index is -4.20. The van der Waals surface area contributed by atoms with Crippen LogP contribution in [0.25, 0.3) is 5.69 Å². The molecule has 0 atom stereocenters.